The number of carbonyl (C=O) groups is 1. The molecule has 0 aliphatic carbocycles. The molecular formula is C8H5Cl3O4. The van der Waals surface area contributed by atoms with E-state index in [0.717, 1.165) is 0 Å². The fourth-order valence-electron chi connectivity index (χ4n) is 0.954. The Kier molecular flexibility index (Phi) is 3.54. The van der Waals surface area contributed by atoms with Gasteiger partial charge in [-0.2, -0.15) is 0 Å². The molecule has 0 bridgehead atoms. The maximum atomic E-state index is 10.3. The van der Waals surface area contributed by atoms with Gasteiger partial charge >= 0.3 is 6.16 Å². The van der Waals surface area contributed by atoms with Gasteiger partial charge in [-0.3, -0.25) is 0 Å². The molecule has 4 nitrogen and oxygen atoms in total. The average Bonchev–Trinajstić information content (AvgIpc) is 2.18. The van der Waals surface area contributed by atoms with Gasteiger partial charge in [0.2, 0.25) is 0 Å². The normalized spacial score (nSPS) is 10.1. The number of aromatic hydroxyl groups is 1. The van der Waals surface area contributed by atoms with Crippen LogP contribution in [-0.4, -0.2) is 16.4 Å². The molecule has 82 valence electrons. The molecule has 0 spiro atoms. The van der Waals surface area contributed by atoms with Crippen molar-refractivity contribution in [3.05, 3.63) is 20.6 Å². The highest BCUT2D eigenvalue weighted by Gasteiger charge is 2.21. The zero-order valence-electron chi connectivity index (χ0n) is 7.34. The van der Waals surface area contributed by atoms with Gasteiger partial charge in [-0.05, 0) is 6.92 Å². The minimum atomic E-state index is -1.58. The summed E-state index contributed by atoms with van der Waals surface area (Å²) in [5.74, 6) is -0.868. The molecule has 1 aromatic carbocycles. The Morgan fingerprint density at radius 3 is 2.20 bits per heavy atom. The van der Waals surface area contributed by atoms with Crippen LogP contribution in [0.5, 0.6) is 11.5 Å². The molecule has 1 rings (SSSR count). The van der Waals surface area contributed by atoms with Crippen LogP contribution in [0, 0.1) is 6.92 Å². The average molecular weight is 271 g/mol. The van der Waals surface area contributed by atoms with E-state index in [-0.39, 0.29) is 26.4 Å². The molecule has 0 heterocycles. The van der Waals surface area contributed by atoms with E-state index in [1.165, 1.54) is 6.92 Å². The highest BCUT2D eigenvalue weighted by Crippen LogP contribution is 2.46. The van der Waals surface area contributed by atoms with E-state index in [0.29, 0.717) is 0 Å². The van der Waals surface area contributed by atoms with Crippen molar-refractivity contribution in [3.8, 4) is 11.5 Å². The minimum Gasteiger partial charge on any atom is -0.503 e. The third kappa shape index (κ3) is 2.22. The molecule has 0 saturated heterocycles. The summed E-state index contributed by atoms with van der Waals surface area (Å²) in [5.41, 5.74) is 0.200. The third-order valence-corrected chi connectivity index (χ3v) is 3.08. The standard InChI is InChI=1S/C8H5Cl3O4/c1-2-3(9)4(10)5(11)6(12)7(2)15-8(13)14/h12H,1H3,(H,13,14). The molecule has 0 saturated carbocycles. The Morgan fingerprint density at radius 1 is 1.20 bits per heavy atom. The van der Waals surface area contributed by atoms with Crippen LogP contribution in [0.2, 0.25) is 15.1 Å². The van der Waals surface area contributed by atoms with Crippen molar-refractivity contribution < 1.29 is 19.7 Å². The van der Waals surface area contributed by atoms with Crippen molar-refractivity contribution in [1.29, 1.82) is 0 Å². The molecule has 0 unspecified atom stereocenters. The van der Waals surface area contributed by atoms with Crippen molar-refractivity contribution >= 4 is 41.0 Å². The van der Waals surface area contributed by atoms with E-state index < -0.39 is 11.9 Å². The van der Waals surface area contributed by atoms with E-state index in [1.807, 2.05) is 0 Å². The summed E-state index contributed by atoms with van der Waals surface area (Å²) in [6, 6.07) is 0. The van der Waals surface area contributed by atoms with Gasteiger partial charge in [-0.25, -0.2) is 4.79 Å². The maximum Gasteiger partial charge on any atom is 0.511 e. The van der Waals surface area contributed by atoms with E-state index in [9.17, 15) is 9.90 Å². The first-order chi connectivity index (χ1) is 6.86. The summed E-state index contributed by atoms with van der Waals surface area (Å²) >= 11 is 17.0. The summed E-state index contributed by atoms with van der Waals surface area (Å²) in [4.78, 5) is 10.3. The molecule has 0 radical (unpaired) electrons. The second-order valence-electron chi connectivity index (χ2n) is 2.61. The number of rotatable bonds is 1. The van der Waals surface area contributed by atoms with Crippen molar-refractivity contribution in [3.63, 3.8) is 0 Å². The van der Waals surface area contributed by atoms with Gasteiger partial charge in [-0.15, -0.1) is 0 Å². The maximum absolute atomic E-state index is 10.3. The van der Waals surface area contributed by atoms with Gasteiger partial charge in [0, 0.05) is 5.56 Å². The predicted octanol–water partition coefficient (Wildman–Crippen LogP) is 3.72. The molecule has 7 heteroatoms. The minimum absolute atomic E-state index is 0.0377. The lowest BCUT2D eigenvalue weighted by Gasteiger charge is -2.11. The molecule has 0 aliphatic rings. The second kappa shape index (κ2) is 4.35. The Balaban J connectivity index is 3.45. The molecule has 0 aromatic heterocycles. The lowest BCUT2D eigenvalue weighted by Crippen LogP contribution is -2.05. The van der Waals surface area contributed by atoms with Crippen LogP contribution in [0.25, 0.3) is 0 Å². The zero-order chi connectivity index (χ0) is 11.7. The number of phenols is 1. The number of hydrogen-bond donors (Lipinski definition) is 2. The number of benzene rings is 1. The predicted molar refractivity (Wildman–Crippen MR) is 56.5 cm³/mol. The highest BCUT2D eigenvalue weighted by molar-refractivity contribution is 6.49. The van der Waals surface area contributed by atoms with Crippen molar-refractivity contribution in [2.75, 3.05) is 0 Å². The van der Waals surface area contributed by atoms with E-state index in [1.54, 1.807) is 0 Å². The van der Waals surface area contributed by atoms with Crippen LogP contribution in [0.4, 0.5) is 4.79 Å². The fourth-order valence-corrected chi connectivity index (χ4v) is 1.59. The summed E-state index contributed by atoms with van der Waals surface area (Å²) < 4.78 is 4.33. The van der Waals surface area contributed by atoms with Crippen molar-refractivity contribution in [1.82, 2.24) is 0 Å². The summed E-state index contributed by atoms with van der Waals surface area (Å²) in [6.07, 6.45) is -1.58. The van der Waals surface area contributed by atoms with Gasteiger partial charge in [0.05, 0.1) is 10.0 Å². The first-order valence-corrected chi connectivity index (χ1v) is 4.76. The van der Waals surface area contributed by atoms with Gasteiger partial charge in [0.1, 0.15) is 5.02 Å². The molecule has 0 fully saturated rings. The lowest BCUT2D eigenvalue weighted by atomic mass is 10.2. The SMILES string of the molecule is Cc1c(Cl)c(Cl)c(Cl)c(O)c1OC(=O)O. The van der Waals surface area contributed by atoms with Crippen LogP contribution in [0.1, 0.15) is 5.56 Å². The molecular weight excluding hydrogens is 266 g/mol. The number of phenolic OH excluding ortho intramolecular Hbond substituents is 1. The first kappa shape index (κ1) is 12.2. The van der Waals surface area contributed by atoms with Crippen LogP contribution in [0.3, 0.4) is 0 Å². The van der Waals surface area contributed by atoms with Gasteiger partial charge in [0.25, 0.3) is 0 Å². The quantitative estimate of drug-likeness (QED) is 0.464. The van der Waals surface area contributed by atoms with E-state index in [2.05, 4.69) is 4.74 Å². The zero-order valence-corrected chi connectivity index (χ0v) is 9.61. The van der Waals surface area contributed by atoms with E-state index in [4.69, 9.17) is 39.9 Å². The highest BCUT2D eigenvalue weighted by atomic mass is 35.5. The Hall–Kier alpha value is -0.840. The molecule has 2 N–H and O–H groups in total. The van der Waals surface area contributed by atoms with Crippen LogP contribution >= 0.6 is 34.8 Å². The van der Waals surface area contributed by atoms with Gasteiger partial charge in [0.15, 0.2) is 11.5 Å². The first-order valence-electron chi connectivity index (χ1n) is 3.63. The van der Waals surface area contributed by atoms with E-state index >= 15 is 0 Å². The monoisotopic (exact) mass is 270 g/mol. The molecule has 1 aromatic rings. The van der Waals surface area contributed by atoms with Gasteiger partial charge < -0.3 is 14.9 Å². The Morgan fingerprint density at radius 2 is 1.73 bits per heavy atom. The summed E-state index contributed by atoms with van der Waals surface area (Å²) in [7, 11) is 0. The van der Waals surface area contributed by atoms with Crippen LogP contribution < -0.4 is 4.74 Å². The number of hydrogen-bond acceptors (Lipinski definition) is 3. The number of ether oxygens (including phenoxy) is 1. The largest absolute Gasteiger partial charge is 0.511 e. The number of halogens is 3. The molecule has 0 atom stereocenters. The van der Waals surface area contributed by atoms with Gasteiger partial charge in [-0.1, -0.05) is 34.8 Å². The molecule has 15 heavy (non-hydrogen) atoms. The van der Waals surface area contributed by atoms with Crippen LogP contribution in [-0.2, 0) is 0 Å². The number of carboxylic acid groups (broad SMARTS) is 1. The van der Waals surface area contributed by atoms with Crippen molar-refractivity contribution in [2.45, 2.75) is 6.92 Å². The van der Waals surface area contributed by atoms with Crippen molar-refractivity contribution in [2.24, 2.45) is 0 Å². The summed E-state index contributed by atoms with van der Waals surface area (Å²) in [6.45, 7) is 1.45. The fraction of sp³-hybridized carbons (Fsp3) is 0.125. The third-order valence-electron chi connectivity index (χ3n) is 1.67. The Bertz CT molecular complexity index is 401. The molecule has 0 aliphatic heterocycles. The Labute approximate surface area is 99.9 Å². The lowest BCUT2D eigenvalue weighted by molar-refractivity contribution is 0.142. The summed E-state index contributed by atoms with van der Waals surface area (Å²) in [5, 5.41) is 17.6. The smallest absolute Gasteiger partial charge is 0.503 e. The van der Waals surface area contributed by atoms with Crippen LogP contribution in [0.15, 0.2) is 0 Å². The second-order valence-corrected chi connectivity index (χ2v) is 3.75. The topological polar surface area (TPSA) is 66.8 Å². The molecule has 0 amide bonds.